The van der Waals surface area contributed by atoms with E-state index in [0.29, 0.717) is 0 Å². The van der Waals surface area contributed by atoms with Gasteiger partial charge in [-0.25, -0.2) is 9.48 Å². The van der Waals surface area contributed by atoms with E-state index in [-0.39, 0.29) is 0 Å². The highest BCUT2D eigenvalue weighted by Gasteiger charge is 2.11. The van der Waals surface area contributed by atoms with Crippen LogP contribution in [0.25, 0.3) is 11.8 Å². The van der Waals surface area contributed by atoms with Gasteiger partial charge in [-0.2, -0.15) is 10.4 Å². The number of para-hydroxylation sites is 1. The van der Waals surface area contributed by atoms with Crippen molar-refractivity contribution in [3.8, 4) is 11.8 Å². The fourth-order valence-corrected chi connectivity index (χ4v) is 2.11. The van der Waals surface area contributed by atoms with Crippen LogP contribution < -0.4 is 0 Å². The maximum Gasteiger partial charge on any atom is 0.332 e. The van der Waals surface area contributed by atoms with E-state index in [0.717, 1.165) is 22.6 Å². The number of aryl methyl sites for hydroxylation is 1. The summed E-state index contributed by atoms with van der Waals surface area (Å²) in [6.45, 7) is 5.35. The van der Waals surface area contributed by atoms with E-state index in [1.54, 1.807) is 6.08 Å². The highest BCUT2D eigenvalue weighted by Crippen LogP contribution is 2.19. The molecule has 5 heteroatoms. The van der Waals surface area contributed by atoms with Crippen LogP contribution in [0.2, 0.25) is 0 Å². The molecule has 0 spiro atoms. The van der Waals surface area contributed by atoms with Crippen molar-refractivity contribution < 1.29 is 9.53 Å². The van der Waals surface area contributed by atoms with E-state index in [9.17, 15) is 4.79 Å². The van der Waals surface area contributed by atoms with Crippen LogP contribution in [0.15, 0.2) is 36.4 Å². The fraction of sp³-hybridized carbons (Fsp3) is 0.235. The van der Waals surface area contributed by atoms with Crippen molar-refractivity contribution in [2.45, 2.75) is 26.9 Å². The van der Waals surface area contributed by atoms with Gasteiger partial charge in [0, 0.05) is 17.3 Å². The predicted molar refractivity (Wildman–Crippen MR) is 83.2 cm³/mol. The molecule has 0 saturated carbocycles. The zero-order valence-electron chi connectivity index (χ0n) is 12.8. The lowest BCUT2D eigenvalue weighted by Crippen LogP contribution is -2.10. The standard InChI is InChI=1S/C17H17N3O2/c1-12(11-18)22-17(21)10-9-16-13(2)19-20(14(16)3)15-7-5-4-6-8-15/h4-10,12H,1-3H3/b10-9+/t12-/m1/s1. The highest BCUT2D eigenvalue weighted by atomic mass is 16.5. The Bertz CT molecular complexity index is 739. The third kappa shape index (κ3) is 3.41. The van der Waals surface area contributed by atoms with Gasteiger partial charge in [0.2, 0.25) is 0 Å². The average molecular weight is 295 g/mol. The lowest BCUT2D eigenvalue weighted by molar-refractivity contribution is -0.139. The van der Waals surface area contributed by atoms with E-state index in [2.05, 4.69) is 5.10 Å². The first kappa shape index (κ1) is 15.5. The van der Waals surface area contributed by atoms with E-state index in [4.69, 9.17) is 10.00 Å². The number of nitriles is 1. The molecule has 2 rings (SSSR count). The summed E-state index contributed by atoms with van der Waals surface area (Å²) in [7, 11) is 0. The second kappa shape index (κ2) is 6.72. The molecule has 0 amide bonds. The summed E-state index contributed by atoms with van der Waals surface area (Å²) in [5, 5.41) is 13.1. The van der Waals surface area contributed by atoms with Crippen molar-refractivity contribution in [3.63, 3.8) is 0 Å². The molecule has 0 N–H and O–H groups in total. The Labute approximate surface area is 129 Å². The highest BCUT2D eigenvalue weighted by molar-refractivity contribution is 5.87. The molecule has 0 radical (unpaired) electrons. The third-order valence-electron chi connectivity index (χ3n) is 3.21. The molecular weight excluding hydrogens is 278 g/mol. The van der Waals surface area contributed by atoms with E-state index >= 15 is 0 Å². The van der Waals surface area contributed by atoms with E-state index in [1.165, 1.54) is 13.0 Å². The van der Waals surface area contributed by atoms with Crippen LogP contribution in [0.4, 0.5) is 0 Å². The first-order valence-corrected chi connectivity index (χ1v) is 6.93. The first-order valence-electron chi connectivity index (χ1n) is 6.93. The fourth-order valence-electron chi connectivity index (χ4n) is 2.11. The van der Waals surface area contributed by atoms with E-state index in [1.807, 2.05) is 54.9 Å². The molecule has 0 aliphatic carbocycles. The lowest BCUT2D eigenvalue weighted by Gasteiger charge is -2.04. The summed E-state index contributed by atoms with van der Waals surface area (Å²) < 4.78 is 6.71. The molecule has 0 aliphatic rings. The predicted octanol–water partition coefficient (Wildman–Crippen LogP) is 2.96. The van der Waals surface area contributed by atoms with Crippen LogP contribution in [-0.2, 0) is 9.53 Å². The maximum absolute atomic E-state index is 11.6. The van der Waals surface area contributed by atoms with E-state index < -0.39 is 12.1 Å². The number of ether oxygens (including phenoxy) is 1. The molecule has 5 nitrogen and oxygen atoms in total. The quantitative estimate of drug-likeness (QED) is 0.642. The molecule has 0 fully saturated rings. The zero-order chi connectivity index (χ0) is 16.1. The van der Waals surface area contributed by atoms with Crippen molar-refractivity contribution in [2.24, 2.45) is 0 Å². The molecule has 1 atom stereocenters. The van der Waals surface area contributed by atoms with Gasteiger partial charge in [-0.1, -0.05) is 18.2 Å². The molecule has 1 heterocycles. The second-order valence-corrected chi connectivity index (χ2v) is 4.87. The Morgan fingerprint density at radius 1 is 1.36 bits per heavy atom. The van der Waals surface area contributed by atoms with Gasteiger partial charge in [0.25, 0.3) is 0 Å². The van der Waals surface area contributed by atoms with Gasteiger partial charge in [-0.15, -0.1) is 0 Å². The van der Waals surface area contributed by atoms with Crippen LogP contribution >= 0.6 is 0 Å². The number of rotatable bonds is 4. The minimum atomic E-state index is -0.758. The summed E-state index contributed by atoms with van der Waals surface area (Å²) in [5.41, 5.74) is 3.58. The molecule has 0 saturated heterocycles. The van der Waals surface area contributed by atoms with Gasteiger partial charge in [0.15, 0.2) is 6.10 Å². The normalized spacial score (nSPS) is 12.1. The Balaban J connectivity index is 2.25. The third-order valence-corrected chi connectivity index (χ3v) is 3.21. The smallest absolute Gasteiger partial charge is 0.332 e. The molecule has 1 aromatic carbocycles. The number of hydrogen-bond donors (Lipinski definition) is 0. The largest absolute Gasteiger partial charge is 0.444 e. The van der Waals surface area contributed by atoms with Gasteiger partial charge in [0.05, 0.1) is 11.4 Å². The Morgan fingerprint density at radius 2 is 2.05 bits per heavy atom. The average Bonchev–Trinajstić information content (AvgIpc) is 2.80. The number of aromatic nitrogens is 2. The molecule has 2 aromatic rings. The summed E-state index contributed by atoms with van der Waals surface area (Å²) in [6.07, 6.45) is 2.23. The minimum Gasteiger partial charge on any atom is -0.444 e. The number of carbonyl (C=O) groups is 1. The number of esters is 1. The zero-order valence-corrected chi connectivity index (χ0v) is 12.8. The SMILES string of the molecule is Cc1nn(-c2ccccc2)c(C)c1/C=C/C(=O)O[C@H](C)C#N. The first-order chi connectivity index (χ1) is 10.5. The van der Waals surface area contributed by atoms with Crippen LogP contribution in [-0.4, -0.2) is 21.9 Å². The Kier molecular flexibility index (Phi) is 4.74. The monoisotopic (exact) mass is 295 g/mol. The minimum absolute atomic E-state index is 0.541. The number of nitrogens with zero attached hydrogens (tertiary/aromatic N) is 3. The molecule has 0 bridgehead atoms. The summed E-state index contributed by atoms with van der Waals surface area (Å²) in [6, 6.07) is 11.6. The number of benzene rings is 1. The van der Waals surface area contributed by atoms with Crippen molar-refractivity contribution in [2.75, 3.05) is 0 Å². The van der Waals surface area contributed by atoms with Crippen molar-refractivity contribution in [1.29, 1.82) is 5.26 Å². The van der Waals surface area contributed by atoms with Crippen LogP contribution in [0.3, 0.4) is 0 Å². The van der Waals surface area contributed by atoms with Crippen molar-refractivity contribution in [1.82, 2.24) is 9.78 Å². The maximum atomic E-state index is 11.6. The molecule has 0 unspecified atom stereocenters. The topological polar surface area (TPSA) is 67.9 Å². The van der Waals surface area contributed by atoms with Gasteiger partial charge < -0.3 is 4.74 Å². The van der Waals surface area contributed by atoms with Gasteiger partial charge >= 0.3 is 5.97 Å². The Hall–Kier alpha value is -2.87. The second-order valence-electron chi connectivity index (χ2n) is 4.87. The number of hydrogen-bond acceptors (Lipinski definition) is 4. The van der Waals surface area contributed by atoms with Crippen LogP contribution in [0.5, 0.6) is 0 Å². The van der Waals surface area contributed by atoms with Gasteiger partial charge in [0.1, 0.15) is 6.07 Å². The van der Waals surface area contributed by atoms with Crippen LogP contribution in [0.1, 0.15) is 23.9 Å². The van der Waals surface area contributed by atoms with Crippen molar-refractivity contribution >= 4 is 12.0 Å². The Morgan fingerprint density at radius 3 is 2.68 bits per heavy atom. The summed E-state index contributed by atoms with van der Waals surface area (Å²) in [5.74, 6) is -0.541. The molecule has 22 heavy (non-hydrogen) atoms. The van der Waals surface area contributed by atoms with Crippen molar-refractivity contribution in [3.05, 3.63) is 53.4 Å². The lowest BCUT2D eigenvalue weighted by atomic mass is 10.2. The van der Waals surface area contributed by atoms with Crippen LogP contribution in [0, 0.1) is 25.2 Å². The van der Waals surface area contributed by atoms with Gasteiger partial charge in [-0.3, -0.25) is 0 Å². The molecule has 0 aliphatic heterocycles. The summed E-state index contributed by atoms with van der Waals surface area (Å²) >= 11 is 0. The molecule has 112 valence electrons. The summed E-state index contributed by atoms with van der Waals surface area (Å²) in [4.78, 5) is 11.6. The number of carbonyl (C=O) groups excluding carboxylic acids is 1. The molecular formula is C17H17N3O2. The van der Waals surface area contributed by atoms with Gasteiger partial charge in [-0.05, 0) is 39.0 Å². The molecule has 1 aromatic heterocycles.